The highest BCUT2D eigenvalue weighted by Gasteiger charge is 2.01. The van der Waals surface area contributed by atoms with Gasteiger partial charge >= 0.3 is 0 Å². The van der Waals surface area contributed by atoms with E-state index in [1.54, 1.807) is 24.3 Å². The van der Waals surface area contributed by atoms with Crippen molar-refractivity contribution in [3.8, 4) is 5.75 Å². The summed E-state index contributed by atoms with van der Waals surface area (Å²) >= 11 is 0. The van der Waals surface area contributed by atoms with E-state index in [0.29, 0.717) is 12.0 Å². The minimum absolute atomic E-state index is 0.260. The number of primary amides is 1. The van der Waals surface area contributed by atoms with Gasteiger partial charge in [-0.3, -0.25) is 4.79 Å². The summed E-state index contributed by atoms with van der Waals surface area (Å²) in [4.78, 5) is 10.9. The molecule has 2 rings (SSSR count). The molecule has 0 aliphatic heterocycles. The second-order valence-electron chi connectivity index (χ2n) is 3.91. The minimum Gasteiger partial charge on any atom is -0.508 e. The first kappa shape index (κ1) is 11.2. The molecule has 3 N–H and O–H groups in total. The van der Waals surface area contributed by atoms with Gasteiger partial charge in [-0.15, -0.1) is 0 Å². The van der Waals surface area contributed by atoms with Gasteiger partial charge in [0.15, 0.2) is 0 Å². The first-order chi connectivity index (χ1) is 8.15. The predicted molar refractivity (Wildman–Crippen MR) is 65.9 cm³/mol. The van der Waals surface area contributed by atoms with Crippen LogP contribution in [0.25, 0.3) is 0 Å². The molecule has 0 radical (unpaired) electrons. The zero-order chi connectivity index (χ0) is 12.3. The molecule has 86 valence electrons. The molecule has 3 nitrogen and oxygen atoms in total. The van der Waals surface area contributed by atoms with Crippen LogP contribution in [0.1, 0.15) is 21.5 Å². The second-order valence-corrected chi connectivity index (χ2v) is 3.91. The first-order valence-electron chi connectivity index (χ1n) is 5.32. The zero-order valence-electron chi connectivity index (χ0n) is 9.26. The third-order valence-electron chi connectivity index (χ3n) is 2.56. The number of phenolic OH excluding ortho intramolecular Hbond substituents is 1. The number of nitrogens with two attached hydrogens (primary N) is 1. The van der Waals surface area contributed by atoms with Gasteiger partial charge in [0.05, 0.1) is 0 Å². The highest BCUT2D eigenvalue weighted by atomic mass is 16.3. The molecule has 0 saturated heterocycles. The maximum atomic E-state index is 10.9. The summed E-state index contributed by atoms with van der Waals surface area (Å²) in [5, 5.41) is 9.35. The van der Waals surface area contributed by atoms with Crippen LogP contribution in [0, 0.1) is 0 Å². The number of carbonyl (C=O) groups excluding carboxylic acids is 1. The molecule has 2 aromatic rings. The van der Waals surface area contributed by atoms with Crippen LogP contribution in [-0.4, -0.2) is 11.0 Å². The van der Waals surface area contributed by atoms with Crippen LogP contribution in [0.15, 0.2) is 48.5 Å². The normalized spacial score (nSPS) is 10.1. The standard InChI is InChI=1S/C14H13NO2/c15-14(17)12-6-4-10(5-7-12)8-11-2-1-3-13(16)9-11/h1-7,9,16H,8H2,(H2,15,17). The lowest BCUT2D eigenvalue weighted by Gasteiger charge is -2.03. The molecule has 0 spiro atoms. The highest BCUT2D eigenvalue weighted by molar-refractivity contribution is 5.92. The van der Waals surface area contributed by atoms with E-state index in [1.807, 2.05) is 24.3 Å². The van der Waals surface area contributed by atoms with Crippen molar-refractivity contribution in [2.24, 2.45) is 5.73 Å². The summed E-state index contributed by atoms with van der Waals surface area (Å²) in [5.41, 5.74) is 7.76. The number of amides is 1. The van der Waals surface area contributed by atoms with Gasteiger partial charge in [0.2, 0.25) is 5.91 Å². The molecule has 0 aliphatic carbocycles. The Hall–Kier alpha value is -2.29. The van der Waals surface area contributed by atoms with Crippen molar-refractivity contribution in [1.82, 2.24) is 0 Å². The average Bonchev–Trinajstić information content (AvgIpc) is 2.29. The molecule has 0 unspecified atom stereocenters. The van der Waals surface area contributed by atoms with E-state index in [1.165, 1.54) is 0 Å². The number of phenols is 1. The van der Waals surface area contributed by atoms with Crippen molar-refractivity contribution < 1.29 is 9.90 Å². The van der Waals surface area contributed by atoms with Crippen LogP contribution < -0.4 is 5.73 Å². The lowest BCUT2D eigenvalue weighted by molar-refractivity contribution is 0.100. The van der Waals surface area contributed by atoms with Gasteiger partial charge in [0.25, 0.3) is 0 Å². The van der Waals surface area contributed by atoms with Crippen molar-refractivity contribution >= 4 is 5.91 Å². The molecule has 0 heterocycles. The van der Waals surface area contributed by atoms with Gasteiger partial charge in [-0.25, -0.2) is 0 Å². The molecule has 0 atom stereocenters. The number of aromatic hydroxyl groups is 1. The topological polar surface area (TPSA) is 63.3 Å². The number of rotatable bonds is 3. The average molecular weight is 227 g/mol. The molecule has 0 aromatic heterocycles. The van der Waals surface area contributed by atoms with E-state index in [0.717, 1.165) is 11.1 Å². The highest BCUT2D eigenvalue weighted by Crippen LogP contribution is 2.15. The van der Waals surface area contributed by atoms with E-state index in [4.69, 9.17) is 5.73 Å². The van der Waals surface area contributed by atoms with Crippen molar-refractivity contribution in [3.63, 3.8) is 0 Å². The smallest absolute Gasteiger partial charge is 0.248 e. The maximum absolute atomic E-state index is 10.9. The Morgan fingerprint density at radius 2 is 1.76 bits per heavy atom. The minimum atomic E-state index is -0.422. The van der Waals surface area contributed by atoms with Crippen molar-refractivity contribution in [2.75, 3.05) is 0 Å². The maximum Gasteiger partial charge on any atom is 0.248 e. The Morgan fingerprint density at radius 1 is 1.06 bits per heavy atom. The van der Waals surface area contributed by atoms with Crippen LogP contribution in [-0.2, 0) is 6.42 Å². The van der Waals surface area contributed by atoms with E-state index >= 15 is 0 Å². The molecular weight excluding hydrogens is 214 g/mol. The third-order valence-corrected chi connectivity index (χ3v) is 2.56. The molecule has 0 saturated carbocycles. The van der Waals surface area contributed by atoms with E-state index < -0.39 is 5.91 Å². The van der Waals surface area contributed by atoms with Crippen molar-refractivity contribution in [2.45, 2.75) is 6.42 Å². The first-order valence-corrected chi connectivity index (χ1v) is 5.32. The predicted octanol–water partition coefficient (Wildman–Crippen LogP) is 2.08. The van der Waals surface area contributed by atoms with E-state index in [-0.39, 0.29) is 5.75 Å². The van der Waals surface area contributed by atoms with E-state index in [2.05, 4.69) is 0 Å². The van der Waals surface area contributed by atoms with Gasteiger partial charge in [-0.2, -0.15) is 0 Å². The van der Waals surface area contributed by atoms with E-state index in [9.17, 15) is 9.90 Å². The zero-order valence-corrected chi connectivity index (χ0v) is 9.26. The van der Waals surface area contributed by atoms with Crippen LogP contribution in [0.3, 0.4) is 0 Å². The molecule has 17 heavy (non-hydrogen) atoms. The number of benzene rings is 2. The van der Waals surface area contributed by atoms with Gasteiger partial charge < -0.3 is 10.8 Å². The van der Waals surface area contributed by atoms with Crippen LogP contribution in [0.4, 0.5) is 0 Å². The lowest BCUT2D eigenvalue weighted by Crippen LogP contribution is -2.10. The quantitative estimate of drug-likeness (QED) is 0.843. The fourth-order valence-corrected chi connectivity index (χ4v) is 1.69. The molecule has 3 heteroatoms. The molecule has 1 amide bonds. The number of hydrogen-bond donors (Lipinski definition) is 2. The molecule has 2 aromatic carbocycles. The largest absolute Gasteiger partial charge is 0.508 e. The summed E-state index contributed by atoms with van der Waals surface area (Å²) < 4.78 is 0. The Bertz CT molecular complexity index is 532. The Morgan fingerprint density at radius 3 is 2.35 bits per heavy atom. The number of carbonyl (C=O) groups is 1. The van der Waals surface area contributed by atoms with Crippen LogP contribution in [0.2, 0.25) is 0 Å². The van der Waals surface area contributed by atoms with Crippen LogP contribution >= 0.6 is 0 Å². The fourth-order valence-electron chi connectivity index (χ4n) is 1.69. The molecule has 0 aliphatic rings. The Balaban J connectivity index is 2.16. The molecule has 0 bridgehead atoms. The SMILES string of the molecule is NC(=O)c1ccc(Cc2cccc(O)c2)cc1. The summed E-state index contributed by atoms with van der Waals surface area (Å²) in [6.07, 6.45) is 0.716. The van der Waals surface area contributed by atoms with Crippen LogP contribution in [0.5, 0.6) is 5.75 Å². The monoisotopic (exact) mass is 227 g/mol. The fraction of sp³-hybridized carbons (Fsp3) is 0.0714. The van der Waals surface area contributed by atoms with Gasteiger partial charge in [0, 0.05) is 5.56 Å². The van der Waals surface area contributed by atoms with Crippen molar-refractivity contribution in [1.29, 1.82) is 0 Å². The van der Waals surface area contributed by atoms with Crippen molar-refractivity contribution in [3.05, 3.63) is 65.2 Å². The Kier molecular flexibility index (Phi) is 3.10. The second kappa shape index (κ2) is 4.70. The number of hydrogen-bond acceptors (Lipinski definition) is 2. The summed E-state index contributed by atoms with van der Waals surface area (Å²) in [6.45, 7) is 0. The van der Waals surface area contributed by atoms with Gasteiger partial charge in [0.1, 0.15) is 5.75 Å². The van der Waals surface area contributed by atoms with Gasteiger partial charge in [-0.1, -0.05) is 24.3 Å². The Labute approximate surface area is 99.5 Å². The molecule has 0 fully saturated rings. The summed E-state index contributed by atoms with van der Waals surface area (Å²) in [5.74, 6) is -0.162. The molecular formula is C14H13NO2. The van der Waals surface area contributed by atoms with Gasteiger partial charge in [-0.05, 0) is 41.8 Å². The third kappa shape index (κ3) is 2.84. The lowest BCUT2D eigenvalue weighted by atomic mass is 10.0. The summed E-state index contributed by atoms with van der Waals surface area (Å²) in [6, 6.07) is 14.3. The summed E-state index contributed by atoms with van der Waals surface area (Å²) in [7, 11) is 0.